The number of amides is 1. The van der Waals surface area contributed by atoms with Crippen LogP contribution < -0.4 is 0 Å². The van der Waals surface area contributed by atoms with Crippen molar-refractivity contribution in [3.8, 4) is 5.69 Å². The molecule has 2 aliphatic rings. The summed E-state index contributed by atoms with van der Waals surface area (Å²) in [6.45, 7) is 0. The molecule has 0 spiro atoms. The van der Waals surface area contributed by atoms with Crippen LogP contribution in [0.2, 0.25) is 0 Å². The Morgan fingerprint density at radius 1 is 1.14 bits per heavy atom. The molecule has 28 heavy (non-hydrogen) atoms. The lowest BCUT2D eigenvalue weighted by atomic mass is 9.80. The third-order valence-electron chi connectivity index (χ3n) is 6.24. The Kier molecular flexibility index (Phi) is 4.69. The van der Waals surface area contributed by atoms with E-state index in [9.17, 15) is 19.1 Å². The first-order valence-electron chi connectivity index (χ1n) is 9.83. The van der Waals surface area contributed by atoms with Crippen molar-refractivity contribution >= 4 is 11.9 Å². The van der Waals surface area contributed by atoms with Gasteiger partial charge in [0.2, 0.25) is 0 Å². The third kappa shape index (κ3) is 2.80. The molecule has 148 valence electrons. The number of carbonyl (C=O) groups is 2. The van der Waals surface area contributed by atoms with E-state index in [0.717, 1.165) is 43.4 Å². The predicted molar refractivity (Wildman–Crippen MR) is 101 cm³/mol. The zero-order valence-electron chi connectivity index (χ0n) is 15.9. The van der Waals surface area contributed by atoms with E-state index >= 15 is 0 Å². The van der Waals surface area contributed by atoms with Crippen LogP contribution >= 0.6 is 0 Å². The van der Waals surface area contributed by atoms with Gasteiger partial charge in [-0.25, -0.2) is 13.9 Å². The van der Waals surface area contributed by atoms with Crippen molar-refractivity contribution in [2.45, 2.75) is 56.9 Å². The highest BCUT2D eigenvalue weighted by Crippen LogP contribution is 2.36. The largest absolute Gasteiger partial charge is 0.479 e. The number of halogens is 1. The fraction of sp³-hybridized carbons (Fsp3) is 0.476. The van der Waals surface area contributed by atoms with Crippen LogP contribution in [0, 0.1) is 5.82 Å². The molecule has 1 heterocycles. The Hall–Kier alpha value is -2.70. The molecule has 0 unspecified atom stereocenters. The van der Waals surface area contributed by atoms with Gasteiger partial charge in [0.15, 0.2) is 5.69 Å². The first kappa shape index (κ1) is 18.7. The predicted octanol–water partition coefficient (Wildman–Crippen LogP) is 3.36. The molecule has 1 amide bonds. The van der Waals surface area contributed by atoms with E-state index in [1.165, 1.54) is 15.6 Å². The van der Waals surface area contributed by atoms with Gasteiger partial charge in [-0.1, -0.05) is 31.4 Å². The first-order chi connectivity index (χ1) is 13.5. The Balaban J connectivity index is 1.75. The van der Waals surface area contributed by atoms with Gasteiger partial charge in [0.25, 0.3) is 5.91 Å². The minimum absolute atomic E-state index is 0.254. The molecule has 4 rings (SSSR count). The van der Waals surface area contributed by atoms with Crippen LogP contribution in [0.3, 0.4) is 0 Å². The maximum absolute atomic E-state index is 14.3. The molecule has 0 saturated heterocycles. The molecule has 1 saturated carbocycles. The summed E-state index contributed by atoms with van der Waals surface area (Å²) in [5, 5.41) is 14.4. The van der Waals surface area contributed by atoms with Crippen LogP contribution in [0.15, 0.2) is 24.3 Å². The summed E-state index contributed by atoms with van der Waals surface area (Å²) in [5.74, 6) is -1.76. The van der Waals surface area contributed by atoms with Gasteiger partial charge < -0.3 is 10.0 Å². The minimum atomic E-state index is -1.19. The maximum Gasteiger partial charge on any atom is 0.329 e. The number of fused-ring (bicyclic) bond motifs is 1. The van der Waals surface area contributed by atoms with Crippen molar-refractivity contribution in [2.75, 3.05) is 7.05 Å². The lowest BCUT2D eigenvalue weighted by Crippen LogP contribution is -2.56. The number of carboxylic acid groups (broad SMARTS) is 1. The van der Waals surface area contributed by atoms with Crippen LogP contribution in [-0.4, -0.2) is 44.3 Å². The maximum atomic E-state index is 14.3. The summed E-state index contributed by atoms with van der Waals surface area (Å²) in [6, 6.07) is 6.35. The smallest absolute Gasteiger partial charge is 0.329 e. The van der Waals surface area contributed by atoms with Crippen molar-refractivity contribution in [3.05, 3.63) is 47.0 Å². The van der Waals surface area contributed by atoms with Gasteiger partial charge in [-0.15, -0.1) is 0 Å². The average molecular weight is 385 g/mol. The Bertz CT molecular complexity index is 931. The minimum Gasteiger partial charge on any atom is -0.479 e. The zero-order chi connectivity index (χ0) is 19.9. The molecule has 7 heteroatoms. The van der Waals surface area contributed by atoms with Gasteiger partial charge in [-0.2, -0.15) is 5.10 Å². The molecule has 2 aliphatic carbocycles. The summed E-state index contributed by atoms with van der Waals surface area (Å²) in [5.41, 5.74) is 1.03. The van der Waals surface area contributed by atoms with Crippen LogP contribution in [0.1, 0.15) is 60.3 Å². The topological polar surface area (TPSA) is 75.4 Å². The number of likely N-dealkylation sites (N-methyl/N-ethyl adjacent to an activating group) is 1. The molecular formula is C21H24FN3O3. The van der Waals surface area contributed by atoms with Crippen LogP contribution in [0.4, 0.5) is 4.39 Å². The van der Waals surface area contributed by atoms with Gasteiger partial charge in [0.05, 0.1) is 0 Å². The summed E-state index contributed by atoms with van der Waals surface area (Å²) >= 11 is 0. The number of carbonyl (C=O) groups excluding carboxylic acids is 1. The van der Waals surface area contributed by atoms with Crippen molar-refractivity contribution in [2.24, 2.45) is 0 Å². The van der Waals surface area contributed by atoms with E-state index in [2.05, 4.69) is 5.10 Å². The Morgan fingerprint density at radius 2 is 1.86 bits per heavy atom. The second kappa shape index (κ2) is 7.04. The second-order valence-corrected chi connectivity index (χ2v) is 7.75. The number of para-hydroxylation sites is 1. The highest BCUT2D eigenvalue weighted by molar-refractivity contribution is 5.97. The summed E-state index contributed by atoms with van der Waals surface area (Å²) in [4.78, 5) is 26.8. The Morgan fingerprint density at radius 3 is 2.54 bits per heavy atom. The van der Waals surface area contributed by atoms with Crippen molar-refractivity contribution in [1.29, 1.82) is 0 Å². The number of aliphatic carboxylic acids is 1. The van der Waals surface area contributed by atoms with Gasteiger partial charge >= 0.3 is 5.97 Å². The molecule has 1 N–H and O–H groups in total. The highest BCUT2D eigenvalue weighted by atomic mass is 19.1. The normalized spacial score (nSPS) is 17.9. The summed E-state index contributed by atoms with van der Waals surface area (Å²) in [6.07, 6.45) is 5.72. The van der Waals surface area contributed by atoms with Gasteiger partial charge in [-0.3, -0.25) is 4.79 Å². The molecule has 1 aromatic carbocycles. The number of hydrogen-bond donors (Lipinski definition) is 1. The monoisotopic (exact) mass is 385 g/mol. The quantitative estimate of drug-likeness (QED) is 0.876. The lowest BCUT2D eigenvalue weighted by Gasteiger charge is -2.40. The molecule has 6 nitrogen and oxygen atoms in total. The second-order valence-electron chi connectivity index (χ2n) is 7.75. The Labute approximate surface area is 163 Å². The number of benzene rings is 1. The van der Waals surface area contributed by atoms with Crippen molar-refractivity contribution in [1.82, 2.24) is 14.7 Å². The average Bonchev–Trinajstić information content (AvgIpc) is 3.30. The molecule has 0 atom stereocenters. The lowest BCUT2D eigenvalue weighted by molar-refractivity contribution is -0.151. The molecule has 0 aliphatic heterocycles. The van der Waals surface area contributed by atoms with Gasteiger partial charge in [0.1, 0.15) is 17.0 Å². The molecule has 0 radical (unpaired) electrons. The molecule has 2 aromatic rings. The third-order valence-corrected chi connectivity index (χ3v) is 6.24. The van der Waals surface area contributed by atoms with E-state index in [-0.39, 0.29) is 5.69 Å². The summed E-state index contributed by atoms with van der Waals surface area (Å²) in [7, 11) is 1.56. The van der Waals surface area contributed by atoms with E-state index in [4.69, 9.17) is 0 Å². The highest BCUT2D eigenvalue weighted by Gasteiger charge is 2.46. The fourth-order valence-corrected chi connectivity index (χ4v) is 4.61. The van der Waals surface area contributed by atoms with Crippen LogP contribution in [0.5, 0.6) is 0 Å². The van der Waals surface area contributed by atoms with E-state index in [0.29, 0.717) is 24.9 Å². The van der Waals surface area contributed by atoms with Crippen LogP contribution in [-0.2, 0) is 17.6 Å². The van der Waals surface area contributed by atoms with Crippen LogP contribution in [0.25, 0.3) is 5.69 Å². The number of aromatic nitrogens is 2. The summed E-state index contributed by atoms with van der Waals surface area (Å²) < 4.78 is 15.9. The number of rotatable bonds is 4. The fourth-order valence-electron chi connectivity index (χ4n) is 4.61. The van der Waals surface area contributed by atoms with Crippen molar-refractivity contribution in [3.63, 3.8) is 0 Å². The van der Waals surface area contributed by atoms with E-state index in [1.54, 1.807) is 25.2 Å². The standard InChI is InChI=1S/C21H24FN3O3/c1-24(21(20(27)28)12-5-2-6-13-21)19(26)18-14-8-7-11-16(14)25(23-18)17-10-4-3-9-15(17)22/h3-4,9-10H,2,5-8,11-13H2,1H3,(H,27,28). The van der Waals surface area contributed by atoms with Gasteiger partial charge in [-0.05, 0) is 44.2 Å². The molecule has 1 fully saturated rings. The van der Waals surface area contributed by atoms with E-state index in [1.807, 2.05) is 0 Å². The molecular weight excluding hydrogens is 361 g/mol. The van der Waals surface area contributed by atoms with Crippen molar-refractivity contribution < 1.29 is 19.1 Å². The number of hydrogen-bond acceptors (Lipinski definition) is 3. The van der Waals surface area contributed by atoms with Gasteiger partial charge in [0, 0.05) is 18.3 Å². The SMILES string of the molecule is CN(C(=O)c1nn(-c2ccccc2F)c2c1CCC2)C1(C(=O)O)CCCCC1. The number of carboxylic acids is 1. The first-order valence-corrected chi connectivity index (χ1v) is 9.83. The molecule has 1 aromatic heterocycles. The van der Waals surface area contributed by atoms with E-state index < -0.39 is 23.2 Å². The molecule has 0 bridgehead atoms. The number of nitrogens with zero attached hydrogens (tertiary/aromatic N) is 3. The zero-order valence-corrected chi connectivity index (χ0v) is 15.9.